The van der Waals surface area contributed by atoms with E-state index in [1.165, 1.54) is 14.2 Å². The van der Waals surface area contributed by atoms with Crippen LogP contribution in [0.5, 0.6) is 0 Å². The van der Waals surface area contributed by atoms with E-state index in [2.05, 4.69) is 5.32 Å². The highest BCUT2D eigenvalue weighted by Crippen LogP contribution is 2.19. The van der Waals surface area contributed by atoms with Gasteiger partial charge in [-0.2, -0.15) is 17.0 Å². The van der Waals surface area contributed by atoms with E-state index in [0.717, 1.165) is 5.56 Å². The Kier molecular flexibility index (Phi) is 7.52. The Balaban J connectivity index is 1.50. The number of ether oxygens (including phenoxy) is 1. The average Bonchev–Trinajstić information content (AvgIpc) is 2.72. The van der Waals surface area contributed by atoms with Gasteiger partial charge in [0.2, 0.25) is 5.91 Å². The number of amides is 1. The molecule has 0 aromatic heterocycles. The van der Waals surface area contributed by atoms with Crippen molar-refractivity contribution in [1.82, 2.24) is 18.8 Å². The Morgan fingerprint density at radius 2 is 1.63 bits per heavy atom. The fourth-order valence-corrected chi connectivity index (χ4v) is 5.76. The summed E-state index contributed by atoms with van der Waals surface area (Å²) in [4.78, 5) is 14.6. The molecule has 1 amide bonds. The van der Waals surface area contributed by atoms with E-state index >= 15 is 0 Å². The molecule has 1 aromatic carbocycles. The molecule has 0 radical (unpaired) electrons. The first-order valence-electron chi connectivity index (χ1n) is 10.6. The maximum Gasteiger partial charge on any atom is 0.282 e. The van der Waals surface area contributed by atoms with Crippen molar-refractivity contribution in [1.29, 1.82) is 0 Å². The van der Waals surface area contributed by atoms with Gasteiger partial charge in [0.25, 0.3) is 10.2 Å². The van der Waals surface area contributed by atoms with Crippen LogP contribution in [-0.4, -0.2) is 85.4 Å². The molecule has 2 aliphatic rings. The summed E-state index contributed by atoms with van der Waals surface area (Å²) in [5.41, 5.74) is 2.25. The van der Waals surface area contributed by atoms with Crippen LogP contribution in [0.25, 0.3) is 0 Å². The van der Waals surface area contributed by atoms with E-state index in [1.54, 1.807) is 0 Å². The quantitative estimate of drug-likeness (QED) is 0.716. The molecule has 2 fully saturated rings. The number of nitrogens with zero attached hydrogens (tertiary/aromatic N) is 3. The van der Waals surface area contributed by atoms with Gasteiger partial charge in [-0.1, -0.05) is 29.8 Å². The predicted octanol–water partition coefficient (Wildman–Crippen LogP) is 0.971. The van der Waals surface area contributed by atoms with E-state index in [9.17, 15) is 13.2 Å². The second kappa shape index (κ2) is 9.74. The summed E-state index contributed by atoms with van der Waals surface area (Å²) in [5, 5.41) is 2.98. The Morgan fingerprint density at radius 1 is 1.07 bits per heavy atom. The van der Waals surface area contributed by atoms with Crippen LogP contribution in [0, 0.1) is 6.92 Å². The fourth-order valence-electron chi connectivity index (χ4n) is 4.01. The van der Waals surface area contributed by atoms with Crippen molar-refractivity contribution >= 4 is 16.1 Å². The van der Waals surface area contributed by atoms with E-state index in [4.69, 9.17) is 4.74 Å². The van der Waals surface area contributed by atoms with Crippen LogP contribution < -0.4 is 5.32 Å². The van der Waals surface area contributed by atoms with E-state index < -0.39 is 10.2 Å². The molecule has 2 heterocycles. The number of nitrogens with one attached hydrogen (secondary N) is 1. The maximum absolute atomic E-state index is 13.0. The van der Waals surface area contributed by atoms with Crippen LogP contribution in [0.4, 0.5) is 0 Å². The number of hydrogen-bond acceptors (Lipinski definition) is 5. The molecule has 3 atom stereocenters. The zero-order valence-electron chi connectivity index (χ0n) is 18.4. The van der Waals surface area contributed by atoms with Gasteiger partial charge in [0, 0.05) is 45.8 Å². The lowest BCUT2D eigenvalue weighted by Crippen LogP contribution is -2.59. The SMILES string of the molecule is Cc1ccc(CNC(=O)C(C)N2CCN(S(=O)(=O)N3CC(C)OC(C)C3)CC2)cc1. The predicted molar refractivity (Wildman–Crippen MR) is 116 cm³/mol. The third-order valence-corrected chi connectivity index (χ3v) is 7.79. The van der Waals surface area contributed by atoms with E-state index in [-0.39, 0.29) is 24.2 Å². The van der Waals surface area contributed by atoms with Gasteiger partial charge in [-0.25, -0.2) is 0 Å². The van der Waals surface area contributed by atoms with Crippen LogP contribution in [0.15, 0.2) is 24.3 Å². The van der Waals surface area contributed by atoms with Crippen LogP contribution in [0.3, 0.4) is 0 Å². The van der Waals surface area contributed by atoms with Crippen molar-refractivity contribution in [2.24, 2.45) is 0 Å². The molecule has 0 aliphatic carbocycles. The molecule has 2 aliphatic heterocycles. The van der Waals surface area contributed by atoms with Crippen molar-refractivity contribution in [3.8, 4) is 0 Å². The second-order valence-electron chi connectivity index (χ2n) is 8.40. The van der Waals surface area contributed by atoms with Crippen LogP contribution in [0.2, 0.25) is 0 Å². The number of benzene rings is 1. The van der Waals surface area contributed by atoms with Crippen molar-refractivity contribution in [3.05, 3.63) is 35.4 Å². The van der Waals surface area contributed by atoms with Gasteiger partial charge in [-0.05, 0) is 33.3 Å². The summed E-state index contributed by atoms with van der Waals surface area (Å²) in [6.45, 7) is 10.8. The van der Waals surface area contributed by atoms with Crippen molar-refractivity contribution in [2.75, 3.05) is 39.3 Å². The standard InChI is InChI=1S/C21H34N4O4S/c1-16-5-7-20(8-6-16)13-22-21(26)19(4)23-9-11-24(12-10-23)30(27,28)25-14-17(2)29-18(3)15-25/h5-8,17-19H,9-15H2,1-4H3,(H,22,26). The minimum atomic E-state index is -3.51. The van der Waals surface area contributed by atoms with Crippen LogP contribution in [-0.2, 0) is 26.3 Å². The Bertz CT molecular complexity index is 812. The minimum absolute atomic E-state index is 0.0392. The first kappa shape index (κ1) is 23.1. The number of carbonyl (C=O) groups excluding carboxylic acids is 1. The molecular weight excluding hydrogens is 404 g/mol. The average molecular weight is 439 g/mol. The summed E-state index contributed by atoms with van der Waals surface area (Å²) in [6, 6.07) is 7.78. The van der Waals surface area contributed by atoms with Crippen LogP contribution in [0.1, 0.15) is 31.9 Å². The molecule has 2 saturated heterocycles. The smallest absolute Gasteiger partial charge is 0.282 e. The molecule has 3 rings (SSSR count). The number of hydrogen-bond donors (Lipinski definition) is 1. The molecule has 168 valence electrons. The molecule has 0 saturated carbocycles. The normalized spacial score (nSPS) is 25.7. The molecule has 1 aromatic rings. The minimum Gasteiger partial charge on any atom is -0.373 e. The Hall–Kier alpha value is -1.52. The number of rotatable bonds is 6. The lowest BCUT2D eigenvalue weighted by molar-refractivity contribution is -0.126. The topological polar surface area (TPSA) is 82.2 Å². The second-order valence-corrected chi connectivity index (χ2v) is 10.3. The van der Waals surface area contributed by atoms with Crippen LogP contribution >= 0.6 is 0 Å². The van der Waals surface area contributed by atoms with Gasteiger partial charge in [0.1, 0.15) is 0 Å². The van der Waals surface area contributed by atoms with E-state index in [1.807, 2.05) is 56.9 Å². The monoisotopic (exact) mass is 438 g/mol. The van der Waals surface area contributed by atoms with E-state index in [0.29, 0.717) is 45.8 Å². The van der Waals surface area contributed by atoms with Crippen molar-refractivity contribution in [2.45, 2.75) is 52.5 Å². The van der Waals surface area contributed by atoms with Gasteiger partial charge < -0.3 is 10.1 Å². The molecular formula is C21H34N4O4S. The molecule has 8 nitrogen and oxygen atoms in total. The molecule has 0 bridgehead atoms. The third kappa shape index (κ3) is 5.59. The fraction of sp³-hybridized carbons (Fsp3) is 0.667. The number of piperazine rings is 1. The lowest BCUT2D eigenvalue weighted by Gasteiger charge is -2.41. The zero-order chi connectivity index (χ0) is 21.9. The van der Waals surface area contributed by atoms with Crippen molar-refractivity contribution < 1.29 is 17.9 Å². The number of carbonyl (C=O) groups is 1. The molecule has 0 spiro atoms. The van der Waals surface area contributed by atoms with Gasteiger partial charge in [0.15, 0.2) is 0 Å². The highest BCUT2D eigenvalue weighted by Gasteiger charge is 2.37. The highest BCUT2D eigenvalue weighted by atomic mass is 32.2. The van der Waals surface area contributed by atoms with Gasteiger partial charge in [-0.3, -0.25) is 9.69 Å². The summed E-state index contributed by atoms with van der Waals surface area (Å²) in [7, 11) is -3.51. The molecule has 30 heavy (non-hydrogen) atoms. The summed E-state index contributed by atoms with van der Waals surface area (Å²) in [5.74, 6) is -0.0392. The molecule has 3 unspecified atom stereocenters. The Morgan fingerprint density at radius 3 is 2.20 bits per heavy atom. The lowest BCUT2D eigenvalue weighted by atomic mass is 10.1. The van der Waals surface area contributed by atoms with Gasteiger partial charge in [-0.15, -0.1) is 0 Å². The summed E-state index contributed by atoms with van der Waals surface area (Å²) >= 11 is 0. The van der Waals surface area contributed by atoms with Crippen molar-refractivity contribution in [3.63, 3.8) is 0 Å². The molecule has 1 N–H and O–H groups in total. The third-order valence-electron chi connectivity index (χ3n) is 5.83. The number of aryl methyl sites for hydroxylation is 1. The van der Waals surface area contributed by atoms with Gasteiger partial charge >= 0.3 is 0 Å². The summed E-state index contributed by atoms with van der Waals surface area (Å²) < 4.78 is 34.8. The first-order valence-corrected chi connectivity index (χ1v) is 12.0. The summed E-state index contributed by atoms with van der Waals surface area (Å²) in [6.07, 6.45) is -0.218. The zero-order valence-corrected chi connectivity index (χ0v) is 19.2. The van der Waals surface area contributed by atoms with Gasteiger partial charge in [0.05, 0.1) is 18.2 Å². The number of morpholine rings is 1. The molecule has 9 heteroatoms. The maximum atomic E-state index is 13.0. The highest BCUT2D eigenvalue weighted by molar-refractivity contribution is 7.86. The largest absolute Gasteiger partial charge is 0.373 e. The first-order chi connectivity index (χ1) is 14.2. The Labute approximate surface area is 180 Å².